The molecule has 3 aliphatic heterocycles. The summed E-state index contributed by atoms with van der Waals surface area (Å²) in [5, 5.41) is 15.8. The number of nitrogens with one attached hydrogen (secondary N) is 1. The minimum atomic E-state index is -0.411. The molecule has 32 heavy (non-hydrogen) atoms. The summed E-state index contributed by atoms with van der Waals surface area (Å²) in [6, 6.07) is 15.6. The van der Waals surface area contributed by atoms with Gasteiger partial charge in [-0.05, 0) is 66.4 Å². The summed E-state index contributed by atoms with van der Waals surface area (Å²) in [5.74, 6) is 0.393. The van der Waals surface area contributed by atoms with Crippen molar-refractivity contribution in [1.29, 1.82) is 5.41 Å². The number of carbonyl (C=O) groups excluding carboxylic acids is 1. The third kappa shape index (κ3) is 4.05. The van der Waals surface area contributed by atoms with E-state index >= 15 is 0 Å². The van der Waals surface area contributed by atoms with Gasteiger partial charge >= 0.3 is 0 Å². The van der Waals surface area contributed by atoms with E-state index in [4.69, 9.17) is 10.1 Å². The van der Waals surface area contributed by atoms with Gasteiger partial charge in [0, 0.05) is 13.1 Å². The van der Waals surface area contributed by atoms with Gasteiger partial charge in [-0.2, -0.15) is 10.0 Å². The molecule has 0 atom stereocenters. The lowest BCUT2D eigenvalue weighted by atomic mass is 10.1. The van der Waals surface area contributed by atoms with E-state index < -0.39 is 5.91 Å². The molecule has 0 aromatic heterocycles. The van der Waals surface area contributed by atoms with Crippen LogP contribution >= 0.6 is 11.8 Å². The molecule has 5 rings (SSSR count). The topological polar surface area (TPSA) is 81.3 Å². The van der Waals surface area contributed by atoms with Crippen LogP contribution in [0.3, 0.4) is 0 Å². The first-order chi connectivity index (χ1) is 15.6. The van der Waals surface area contributed by atoms with Crippen LogP contribution in [0.4, 0.5) is 0 Å². The highest BCUT2D eigenvalue weighted by Gasteiger charge is 2.37. The second-order valence-electron chi connectivity index (χ2n) is 7.88. The number of ether oxygens (including phenoxy) is 1. The van der Waals surface area contributed by atoms with Gasteiger partial charge < -0.3 is 9.64 Å². The van der Waals surface area contributed by atoms with Gasteiger partial charge in [0.2, 0.25) is 5.17 Å². The van der Waals surface area contributed by atoms with E-state index in [2.05, 4.69) is 34.1 Å². The number of thioether (sulfide) groups is 1. The molecule has 162 valence electrons. The van der Waals surface area contributed by atoms with Crippen LogP contribution in [0, 0.1) is 12.3 Å². The third-order valence-corrected chi connectivity index (χ3v) is 6.64. The van der Waals surface area contributed by atoms with E-state index in [1.165, 1.54) is 22.3 Å². The van der Waals surface area contributed by atoms with Crippen molar-refractivity contribution in [2.75, 3.05) is 13.1 Å². The molecule has 1 fully saturated rings. The summed E-state index contributed by atoms with van der Waals surface area (Å²) >= 11 is 1.36. The molecular weight excluding hydrogens is 422 g/mol. The summed E-state index contributed by atoms with van der Waals surface area (Å²) in [6.07, 6.45) is 3.96. The van der Waals surface area contributed by atoms with Crippen LogP contribution < -0.4 is 4.74 Å². The monoisotopic (exact) mass is 445 g/mol. The molecule has 1 amide bonds. The Morgan fingerprint density at radius 3 is 2.59 bits per heavy atom. The van der Waals surface area contributed by atoms with E-state index in [-0.39, 0.29) is 11.4 Å². The predicted molar refractivity (Wildman–Crippen MR) is 128 cm³/mol. The molecule has 3 aliphatic rings. The SMILES string of the molecule is Cc1ccccc1COc1ccc(/C=C2\C(=N)N3N=C(N4CCCC4)SC3=NC2=O)cc1. The number of amidine groups is 3. The molecule has 8 heteroatoms. The first-order valence-corrected chi connectivity index (χ1v) is 11.4. The highest BCUT2D eigenvalue weighted by Crippen LogP contribution is 2.31. The smallest absolute Gasteiger partial charge is 0.283 e. The second kappa shape index (κ2) is 8.63. The van der Waals surface area contributed by atoms with Crippen LogP contribution in [0.1, 0.15) is 29.5 Å². The predicted octanol–water partition coefficient (Wildman–Crippen LogP) is 4.25. The van der Waals surface area contributed by atoms with E-state index in [0.717, 1.165) is 48.0 Å². The van der Waals surface area contributed by atoms with Crippen LogP contribution in [0.15, 0.2) is 64.2 Å². The first kappa shape index (κ1) is 20.5. The van der Waals surface area contributed by atoms with Crippen LogP contribution in [0.5, 0.6) is 5.75 Å². The fourth-order valence-corrected chi connectivity index (χ4v) is 4.72. The van der Waals surface area contributed by atoms with Crippen LogP contribution in [-0.4, -0.2) is 45.1 Å². The van der Waals surface area contributed by atoms with Gasteiger partial charge in [0.15, 0.2) is 11.0 Å². The zero-order valence-corrected chi connectivity index (χ0v) is 18.6. The van der Waals surface area contributed by atoms with Gasteiger partial charge in [-0.1, -0.05) is 36.4 Å². The van der Waals surface area contributed by atoms with Gasteiger partial charge in [0.05, 0.1) is 5.57 Å². The standard InChI is InChI=1S/C24H23N5O2S/c1-16-6-2-3-7-18(16)15-31-19-10-8-17(9-11-19)14-20-21(25)29-23(26-22(20)30)32-24(27-29)28-12-4-5-13-28/h2-3,6-11,14,25H,4-5,12-13,15H2,1H3/b20-14+,25-21?. The maximum absolute atomic E-state index is 12.6. The normalized spacial score (nSPS) is 19.3. The molecule has 1 N–H and O–H groups in total. The first-order valence-electron chi connectivity index (χ1n) is 10.6. The molecule has 3 heterocycles. The molecule has 0 saturated carbocycles. The number of hydrogen-bond acceptors (Lipinski definition) is 6. The fraction of sp³-hybridized carbons (Fsp3) is 0.250. The van der Waals surface area contributed by atoms with Crippen molar-refractivity contribution in [2.45, 2.75) is 26.4 Å². The Kier molecular flexibility index (Phi) is 5.53. The number of hydrazone groups is 1. The molecule has 0 spiro atoms. The highest BCUT2D eigenvalue weighted by molar-refractivity contribution is 8.26. The van der Waals surface area contributed by atoms with E-state index in [1.54, 1.807) is 6.08 Å². The quantitative estimate of drug-likeness (QED) is 0.712. The zero-order chi connectivity index (χ0) is 22.1. The number of aliphatic imine (C=N–C) groups is 1. The lowest BCUT2D eigenvalue weighted by Gasteiger charge is -2.20. The van der Waals surface area contributed by atoms with Crippen molar-refractivity contribution in [3.8, 4) is 5.75 Å². The Morgan fingerprint density at radius 2 is 1.84 bits per heavy atom. The van der Waals surface area contributed by atoms with Gasteiger partial charge in [-0.25, -0.2) is 0 Å². The summed E-state index contributed by atoms with van der Waals surface area (Å²) < 4.78 is 5.89. The molecule has 2 aromatic carbocycles. The Balaban J connectivity index is 1.30. The van der Waals surface area contributed by atoms with Crippen molar-refractivity contribution in [3.05, 3.63) is 70.8 Å². The summed E-state index contributed by atoms with van der Waals surface area (Å²) in [6.45, 7) is 4.47. The number of benzene rings is 2. The Labute approximate surface area is 191 Å². The third-order valence-electron chi connectivity index (χ3n) is 5.67. The maximum atomic E-state index is 12.6. The van der Waals surface area contributed by atoms with E-state index in [9.17, 15) is 4.79 Å². The largest absolute Gasteiger partial charge is 0.489 e. The molecular formula is C24H23N5O2S. The van der Waals surface area contributed by atoms with E-state index in [0.29, 0.717) is 11.8 Å². The van der Waals surface area contributed by atoms with Crippen molar-refractivity contribution >= 4 is 39.9 Å². The summed E-state index contributed by atoms with van der Waals surface area (Å²) in [4.78, 5) is 19.0. The Hall–Kier alpha value is -3.39. The number of amides is 1. The zero-order valence-electron chi connectivity index (χ0n) is 17.7. The Morgan fingerprint density at radius 1 is 1.09 bits per heavy atom. The average Bonchev–Trinajstić information content (AvgIpc) is 3.47. The lowest BCUT2D eigenvalue weighted by molar-refractivity contribution is -0.114. The van der Waals surface area contributed by atoms with Crippen LogP contribution in [0.25, 0.3) is 6.08 Å². The van der Waals surface area contributed by atoms with Gasteiger partial charge in [0.1, 0.15) is 12.4 Å². The van der Waals surface area contributed by atoms with Crippen LogP contribution in [0.2, 0.25) is 0 Å². The highest BCUT2D eigenvalue weighted by atomic mass is 32.2. The number of aryl methyl sites for hydroxylation is 1. The number of nitrogens with zero attached hydrogens (tertiary/aromatic N) is 4. The maximum Gasteiger partial charge on any atom is 0.283 e. The number of carbonyl (C=O) groups is 1. The van der Waals surface area contributed by atoms with Gasteiger partial charge in [-0.3, -0.25) is 10.2 Å². The second-order valence-corrected chi connectivity index (χ2v) is 8.82. The summed E-state index contributed by atoms with van der Waals surface area (Å²) in [5.41, 5.74) is 3.37. The van der Waals surface area contributed by atoms with Gasteiger partial charge in [0.25, 0.3) is 5.91 Å². The number of hydrogen-bond donors (Lipinski definition) is 1. The molecule has 0 aliphatic carbocycles. The van der Waals surface area contributed by atoms with Crippen molar-refractivity contribution in [3.63, 3.8) is 0 Å². The number of likely N-dealkylation sites (tertiary alicyclic amines) is 1. The minimum absolute atomic E-state index is 0.0570. The Bertz CT molecular complexity index is 1160. The fourth-order valence-electron chi connectivity index (χ4n) is 3.78. The van der Waals surface area contributed by atoms with Crippen LogP contribution in [-0.2, 0) is 11.4 Å². The lowest BCUT2D eigenvalue weighted by Crippen LogP contribution is -2.35. The minimum Gasteiger partial charge on any atom is -0.489 e. The van der Waals surface area contributed by atoms with Crippen molar-refractivity contribution < 1.29 is 9.53 Å². The molecule has 0 radical (unpaired) electrons. The molecule has 7 nitrogen and oxygen atoms in total. The summed E-state index contributed by atoms with van der Waals surface area (Å²) in [7, 11) is 0. The number of fused-ring (bicyclic) bond motifs is 1. The van der Waals surface area contributed by atoms with Crippen molar-refractivity contribution in [1.82, 2.24) is 9.91 Å². The van der Waals surface area contributed by atoms with E-state index in [1.807, 2.05) is 36.4 Å². The molecule has 0 bridgehead atoms. The average molecular weight is 446 g/mol. The molecule has 1 saturated heterocycles. The number of rotatable bonds is 4. The van der Waals surface area contributed by atoms with Crippen molar-refractivity contribution in [2.24, 2.45) is 10.1 Å². The molecule has 0 unspecified atom stereocenters. The van der Waals surface area contributed by atoms with Gasteiger partial charge in [-0.15, -0.1) is 5.10 Å². The molecule has 2 aromatic rings.